The van der Waals surface area contributed by atoms with Gasteiger partial charge >= 0.3 is 0 Å². The van der Waals surface area contributed by atoms with Crippen molar-refractivity contribution in [2.45, 2.75) is 39.0 Å². The minimum Gasteiger partial charge on any atom is -0.387 e. The first-order chi connectivity index (χ1) is 15.1. The van der Waals surface area contributed by atoms with Gasteiger partial charge in [0.2, 0.25) is 5.91 Å². The predicted molar refractivity (Wildman–Crippen MR) is 119 cm³/mol. The molecule has 0 fully saturated rings. The average Bonchev–Trinajstić information content (AvgIpc) is 3.14. The summed E-state index contributed by atoms with van der Waals surface area (Å²) in [6, 6.07) is 5.40. The van der Waals surface area contributed by atoms with Crippen LogP contribution in [0.1, 0.15) is 36.7 Å². The molecule has 5 N–H and O–H groups in total. The summed E-state index contributed by atoms with van der Waals surface area (Å²) >= 11 is 0. The number of aromatic nitrogens is 3. The third-order valence-electron chi connectivity index (χ3n) is 4.92. The Morgan fingerprint density at radius 3 is 2.69 bits per heavy atom. The van der Waals surface area contributed by atoms with Gasteiger partial charge in [0.15, 0.2) is 0 Å². The average molecular weight is 442 g/mol. The van der Waals surface area contributed by atoms with Crippen LogP contribution in [0, 0.1) is 0 Å². The summed E-state index contributed by atoms with van der Waals surface area (Å²) in [7, 11) is 0. The van der Waals surface area contributed by atoms with E-state index in [-0.39, 0.29) is 18.5 Å². The number of primary amides is 1. The molecule has 0 unspecified atom stereocenters. The van der Waals surface area contributed by atoms with Crippen LogP contribution in [-0.2, 0) is 11.2 Å². The standard InChI is InChI=1S/C22H27FN6O3/c1-4-25-16-9-19(26-11-15(16)21(31)28-12-17(23)22(2,3)32)29-6-5-14-7-13(8-18(24)30)10-27-20(14)29/h5-7,9-11,17,32H,4,8,12H2,1-3H3,(H2,24,30)(H,25,26)(H,28,31)/t17-/m1/s1. The maximum atomic E-state index is 14.0. The van der Waals surface area contributed by atoms with E-state index in [2.05, 4.69) is 20.6 Å². The summed E-state index contributed by atoms with van der Waals surface area (Å²) in [5, 5.41) is 16.2. The van der Waals surface area contributed by atoms with Crippen LogP contribution in [0.5, 0.6) is 0 Å². The van der Waals surface area contributed by atoms with E-state index in [4.69, 9.17) is 5.73 Å². The fourth-order valence-electron chi connectivity index (χ4n) is 3.17. The number of carbonyl (C=O) groups excluding carboxylic acids is 2. The van der Waals surface area contributed by atoms with Crippen LogP contribution in [-0.4, -0.2) is 56.3 Å². The Morgan fingerprint density at radius 2 is 2.03 bits per heavy atom. The van der Waals surface area contributed by atoms with Gasteiger partial charge in [0.05, 0.1) is 29.8 Å². The first-order valence-corrected chi connectivity index (χ1v) is 10.2. The maximum Gasteiger partial charge on any atom is 0.255 e. The van der Waals surface area contributed by atoms with Crippen molar-refractivity contribution in [1.82, 2.24) is 19.9 Å². The molecule has 0 aliphatic rings. The number of nitrogens with zero attached hydrogens (tertiary/aromatic N) is 3. The van der Waals surface area contributed by atoms with Gasteiger partial charge in [-0.05, 0) is 38.5 Å². The molecule has 9 nitrogen and oxygen atoms in total. The van der Waals surface area contributed by atoms with Crippen LogP contribution >= 0.6 is 0 Å². The van der Waals surface area contributed by atoms with E-state index in [1.165, 1.54) is 20.0 Å². The van der Waals surface area contributed by atoms with Gasteiger partial charge in [-0.2, -0.15) is 0 Å². The smallest absolute Gasteiger partial charge is 0.255 e. The van der Waals surface area contributed by atoms with Crippen LogP contribution < -0.4 is 16.4 Å². The van der Waals surface area contributed by atoms with Crippen molar-refractivity contribution in [1.29, 1.82) is 0 Å². The highest BCUT2D eigenvalue weighted by Gasteiger charge is 2.27. The molecule has 2 amide bonds. The third-order valence-corrected chi connectivity index (χ3v) is 4.92. The number of hydrogen-bond donors (Lipinski definition) is 4. The molecule has 32 heavy (non-hydrogen) atoms. The molecular weight excluding hydrogens is 415 g/mol. The number of halogens is 1. The Kier molecular flexibility index (Phi) is 6.73. The molecule has 0 aliphatic carbocycles. The minimum absolute atomic E-state index is 0.105. The molecule has 0 aromatic carbocycles. The van der Waals surface area contributed by atoms with Gasteiger partial charge in [0.25, 0.3) is 5.91 Å². The van der Waals surface area contributed by atoms with Crippen molar-refractivity contribution in [3.05, 3.63) is 47.9 Å². The van der Waals surface area contributed by atoms with Crippen molar-refractivity contribution in [3.8, 4) is 5.82 Å². The number of nitrogens with two attached hydrogens (primary N) is 1. The number of hydrogen-bond acceptors (Lipinski definition) is 6. The SMILES string of the molecule is CCNc1cc(-n2ccc3cc(CC(N)=O)cnc32)ncc1C(=O)NC[C@@H](F)C(C)(C)O. The lowest BCUT2D eigenvalue weighted by Gasteiger charge is -2.22. The van der Waals surface area contributed by atoms with Gasteiger partial charge in [0, 0.05) is 36.6 Å². The first kappa shape index (κ1) is 23.1. The van der Waals surface area contributed by atoms with Crippen LogP contribution in [0.4, 0.5) is 10.1 Å². The Balaban J connectivity index is 1.88. The molecule has 0 bridgehead atoms. The molecule has 0 saturated heterocycles. The lowest BCUT2D eigenvalue weighted by molar-refractivity contribution is -0.117. The van der Waals surface area contributed by atoms with Gasteiger partial charge < -0.3 is 21.5 Å². The molecule has 0 aliphatic heterocycles. The van der Waals surface area contributed by atoms with Crippen LogP contribution in [0.2, 0.25) is 0 Å². The monoisotopic (exact) mass is 442 g/mol. The van der Waals surface area contributed by atoms with Gasteiger partial charge in [0.1, 0.15) is 17.6 Å². The van der Waals surface area contributed by atoms with Crippen LogP contribution in [0.25, 0.3) is 16.9 Å². The van der Waals surface area contributed by atoms with Crippen LogP contribution in [0.15, 0.2) is 36.8 Å². The molecule has 3 aromatic heterocycles. The molecule has 3 aromatic rings. The number of amides is 2. The predicted octanol–water partition coefficient (Wildman–Crippen LogP) is 1.72. The Bertz CT molecular complexity index is 1140. The third kappa shape index (κ3) is 5.20. The summed E-state index contributed by atoms with van der Waals surface area (Å²) in [5.74, 6) is -0.404. The van der Waals surface area contributed by atoms with Gasteiger partial charge in [-0.1, -0.05) is 0 Å². The zero-order valence-corrected chi connectivity index (χ0v) is 18.2. The highest BCUT2D eigenvalue weighted by molar-refractivity contribution is 5.99. The fraction of sp³-hybridized carbons (Fsp3) is 0.364. The second-order valence-electron chi connectivity index (χ2n) is 8.03. The lowest BCUT2D eigenvalue weighted by Crippen LogP contribution is -2.42. The van der Waals surface area contributed by atoms with Gasteiger partial charge in [-0.3, -0.25) is 14.2 Å². The molecule has 0 spiro atoms. The summed E-state index contributed by atoms with van der Waals surface area (Å²) in [6.07, 6.45) is 3.28. The quantitative estimate of drug-likeness (QED) is 0.399. The number of aliphatic hydroxyl groups is 1. The number of anilines is 1. The molecule has 0 saturated carbocycles. The van der Waals surface area contributed by atoms with Crippen molar-refractivity contribution in [2.24, 2.45) is 5.73 Å². The molecule has 1 atom stereocenters. The normalized spacial score (nSPS) is 12.5. The summed E-state index contributed by atoms with van der Waals surface area (Å²) < 4.78 is 15.8. The Morgan fingerprint density at radius 1 is 1.28 bits per heavy atom. The van der Waals surface area contributed by atoms with E-state index >= 15 is 0 Å². The van der Waals surface area contributed by atoms with Crippen molar-refractivity contribution in [3.63, 3.8) is 0 Å². The fourth-order valence-corrected chi connectivity index (χ4v) is 3.17. The van der Waals surface area contributed by atoms with Crippen molar-refractivity contribution >= 4 is 28.5 Å². The number of carbonyl (C=O) groups is 2. The summed E-state index contributed by atoms with van der Waals surface area (Å²) in [6.45, 7) is 4.81. The number of rotatable bonds is 9. The first-order valence-electron chi connectivity index (χ1n) is 10.2. The Labute approximate surface area is 184 Å². The zero-order valence-electron chi connectivity index (χ0n) is 18.2. The highest BCUT2D eigenvalue weighted by Crippen LogP contribution is 2.23. The van der Waals surface area contributed by atoms with E-state index in [1.54, 1.807) is 23.0 Å². The second kappa shape index (κ2) is 9.31. The summed E-state index contributed by atoms with van der Waals surface area (Å²) in [5.41, 5.74) is 5.83. The molecule has 3 rings (SSSR count). The number of pyridine rings is 2. The maximum absolute atomic E-state index is 14.0. The summed E-state index contributed by atoms with van der Waals surface area (Å²) in [4.78, 5) is 32.6. The molecule has 0 radical (unpaired) electrons. The van der Waals surface area contributed by atoms with E-state index in [0.717, 1.165) is 5.39 Å². The lowest BCUT2D eigenvalue weighted by atomic mass is 10.0. The van der Waals surface area contributed by atoms with Gasteiger partial charge in [-0.25, -0.2) is 14.4 Å². The Hall–Kier alpha value is -3.53. The van der Waals surface area contributed by atoms with E-state index in [1.807, 2.05) is 19.1 Å². The molecule has 10 heteroatoms. The minimum atomic E-state index is -1.61. The van der Waals surface area contributed by atoms with E-state index < -0.39 is 23.6 Å². The van der Waals surface area contributed by atoms with Crippen molar-refractivity contribution in [2.75, 3.05) is 18.4 Å². The van der Waals surface area contributed by atoms with Crippen molar-refractivity contribution < 1.29 is 19.1 Å². The second-order valence-corrected chi connectivity index (χ2v) is 8.03. The largest absolute Gasteiger partial charge is 0.387 e. The molecule has 170 valence electrons. The highest BCUT2D eigenvalue weighted by atomic mass is 19.1. The van der Waals surface area contributed by atoms with Crippen LogP contribution in [0.3, 0.4) is 0 Å². The van der Waals surface area contributed by atoms with Gasteiger partial charge in [-0.15, -0.1) is 0 Å². The number of alkyl halides is 1. The number of nitrogens with one attached hydrogen (secondary N) is 2. The number of fused-ring (bicyclic) bond motifs is 1. The van der Waals surface area contributed by atoms with E-state index in [0.29, 0.717) is 29.3 Å². The molecular formula is C22H27FN6O3. The van der Waals surface area contributed by atoms with E-state index in [9.17, 15) is 19.1 Å². The zero-order chi connectivity index (χ0) is 23.5. The molecule has 3 heterocycles. The topological polar surface area (TPSA) is 135 Å².